The van der Waals surface area contributed by atoms with Crippen molar-refractivity contribution in [3.05, 3.63) is 12.2 Å². The summed E-state index contributed by atoms with van der Waals surface area (Å²) in [6.45, 7) is 4.92. The van der Waals surface area contributed by atoms with Crippen LogP contribution >= 0.6 is 0 Å². The fourth-order valence-electron chi connectivity index (χ4n) is 6.71. The van der Waals surface area contributed by atoms with Gasteiger partial charge >= 0.3 is 11.9 Å². The summed E-state index contributed by atoms with van der Waals surface area (Å²) in [5, 5.41) is 11.9. The van der Waals surface area contributed by atoms with Gasteiger partial charge < -0.3 is 20.9 Å². The van der Waals surface area contributed by atoms with Crippen molar-refractivity contribution in [2.45, 2.75) is 244 Å². The Morgan fingerprint density at radius 1 is 0.569 bits per heavy atom. The standard InChI is InChI=1S/C44H84N2O5/c1-3-5-7-9-11-12-13-14-15-16-17-18-19-20-21-22-24-26-32-38-43(48)51-40(34-29-25-23-10-8-6-4-2)35-30-27-28-31-37-42(47)46-41(44(49)50)36-33-39-45/h29,34,40-41H,3-28,30-33,35-39,45H2,1-2H3,(H,46,47)(H,49,50)/b34-29-. The predicted octanol–water partition coefficient (Wildman–Crippen LogP) is 12.3. The van der Waals surface area contributed by atoms with Crippen molar-refractivity contribution in [3.63, 3.8) is 0 Å². The highest BCUT2D eigenvalue weighted by Crippen LogP contribution is 2.17. The number of amides is 1. The largest absolute Gasteiger partial charge is 0.480 e. The predicted molar refractivity (Wildman–Crippen MR) is 216 cm³/mol. The van der Waals surface area contributed by atoms with Crippen LogP contribution in [0.5, 0.6) is 0 Å². The van der Waals surface area contributed by atoms with Crippen LogP contribution in [0.2, 0.25) is 0 Å². The Balaban J connectivity index is 4.10. The molecule has 2 unspecified atom stereocenters. The summed E-state index contributed by atoms with van der Waals surface area (Å²) >= 11 is 0. The normalized spacial score (nSPS) is 12.7. The van der Waals surface area contributed by atoms with E-state index in [2.05, 4.69) is 31.3 Å². The zero-order valence-electron chi connectivity index (χ0n) is 33.7. The van der Waals surface area contributed by atoms with Crippen LogP contribution in [-0.4, -0.2) is 41.6 Å². The Hall–Kier alpha value is -1.89. The molecule has 0 saturated heterocycles. The van der Waals surface area contributed by atoms with Gasteiger partial charge in [-0.05, 0) is 64.0 Å². The number of aliphatic carboxylic acids is 1. The molecule has 2 atom stereocenters. The van der Waals surface area contributed by atoms with Gasteiger partial charge in [-0.3, -0.25) is 9.59 Å². The molecule has 7 nitrogen and oxygen atoms in total. The molecular weight excluding hydrogens is 636 g/mol. The van der Waals surface area contributed by atoms with E-state index >= 15 is 0 Å². The summed E-state index contributed by atoms with van der Waals surface area (Å²) in [4.78, 5) is 36.3. The van der Waals surface area contributed by atoms with E-state index in [1.807, 2.05) is 0 Å². The fraction of sp³-hybridized carbons (Fsp3) is 0.886. The minimum atomic E-state index is -1.01. The van der Waals surface area contributed by atoms with Gasteiger partial charge in [-0.1, -0.05) is 174 Å². The monoisotopic (exact) mass is 721 g/mol. The molecule has 7 heteroatoms. The highest BCUT2D eigenvalue weighted by Gasteiger charge is 2.19. The number of carboxylic acids is 1. The zero-order valence-corrected chi connectivity index (χ0v) is 33.7. The summed E-state index contributed by atoms with van der Waals surface area (Å²) in [5.74, 6) is -1.32. The molecule has 0 aliphatic heterocycles. The fourth-order valence-corrected chi connectivity index (χ4v) is 6.71. The first kappa shape index (κ1) is 49.1. The smallest absolute Gasteiger partial charge is 0.326 e. The van der Waals surface area contributed by atoms with E-state index in [0.717, 1.165) is 44.9 Å². The number of unbranched alkanes of at least 4 members (excludes halogenated alkanes) is 26. The third-order valence-electron chi connectivity index (χ3n) is 10.1. The van der Waals surface area contributed by atoms with Gasteiger partial charge in [0.2, 0.25) is 5.91 Å². The summed E-state index contributed by atoms with van der Waals surface area (Å²) < 4.78 is 5.92. The van der Waals surface area contributed by atoms with Gasteiger partial charge in [0.1, 0.15) is 12.1 Å². The van der Waals surface area contributed by atoms with Crippen molar-refractivity contribution in [2.24, 2.45) is 5.73 Å². The number of carbonyl (C=O) groups is 3. The number of carbonyl (C=O) groups excluding carboxylic acids is 2. The van der Waals surface area contributed by atoms with Crippen LogP contribution in [0.15, 0.2) is 12.2 Å². The van der Waals surface area contributed by atoms with Gasteiger partial charge in [0.15, 0.2) is 0 Å². The van der Waals surface area contributed by atoms with Crippen LogP contribution in [-0.2, 0) is 19.1 Å². The zero-order chi connectivity index (χ0) is 37.5. The number of rotatable bonds is 40. The van der Waals surface area contributed by atoms with Crippen LogP contribution in [0, 0.1) is 0 Å². The third kappa shape index (κ3) is 36.3. The Morgan fingerprint density at radius 3 is 1.47 bits per heavy atom. The first-order chi connectivity index (χ1) is 24.9. The van der Waals surface area contributed by atoms with Gasteiger partial charge in [0.25, 0.3) is 0 Å². The third-order valence-corrected chi connectivity index (χ3v) is 10.1. The van der Waals surface area contributed by atoms with Gasteiger partial charge in [-0.15, -0.1) is 0 Å². The van der Waals surface area contributed by atoms with Crippen LogP contribution < -0.4 is 11.1 Å². The number of allylic oxidation sites excluding steroid dienone is 1. The van der Waals surface area contributed by atoms with Gasteiger partial charge in [-0.25, -0.2) is 4.79 Å². The lowest BCUT2D eigenvalue weighted by atomic mass is 10.0. The quantitative estimate of drug-likeness (QED) is 0.0329. The van der Waals surface area contributed by atoms with Crippen molar-refractivity contribution in [1.29, 1.82) is 0 Å². The Kier molecular flexibility index (Phi) is 37.9. The molecule has 0 aromatic carbocycles. The molecule has 0 fully saturated rings. The number of hydrogen-bond acceptors (Lipinski definition) is 5. The second-order valence-electron chi connectivity index (χ2n) is 15.1. The molecule has 0 aromatic rings. The lowest BCUT2D eigenvalue weighted by molar-refractivity contribution is -0.147. The number of nitrogens with two attached hydrogens (primary N) is 1. The van der Waals surface area contributed by atoms with Crippen LogP contribution in [0.3, 0.4) is 0 Å². The maximum atomic E-state index is 12.7. The molecule has 0 bridgehead atoms. The van der Waals surface area contributed by atoms with Crippen molar-refractivity contribution >= 4 is 17.8 Å². The van der Waals surface area contributed by atoms with E-state index in [-0.39, 0.29) is 18.0 Å². The number of hydrogen-bond donors (Lipinski definition) is 3. The van der Waals surface area contributed by atoms with E-state index in [4.69, 9.17) is 10.5 Å². The highest BCUT2D eigenvalue weighted by atomic mass is 16.5. The number of carboxylic acid groups (broad SMARTS) is 1. The molecule has 1 amide bonds. The number of nitrogens with one attached hydrogen (secondary N) is 1. The molecule has 300 valence electrons. The maximum Gasteiger partial charge on any atom is 0.326 e. The first-order valence-electron chi connectivity index (χ1n) is 22.0. The van der Waals surface area contributed by atoms with Gasteiger partial charge in [0.05, 0.1) is 0 Å². The average molecular weight is 721 g/mol. The summed E-state index contributed by atoms with van der Waals surface area (Å²) in [7, 11) is 0. The van der Waals surface area contributed by atoms with Crippen LogP contribution in [0.1, 0.15) is 232 Å². The molecule has 0 aromatic heterocycles. The first-order valence-corrected chi connectivity index (χ1v) is 22.0. The topological polar surface area (TPSA) is 119 Å². The Morgan fingerprint density at radius 2 is 1.00 bits per heavy atom. The SMILES string of the molecule is CCCCCCC/C=C\C(CCCCCCC(=O)NC(CCCN)C(=O)O)OC(=O)CCCCCCCCCCCCCCCCCCCCC. The molecule has 4 N–H and O–H groups in total. The molecule has 0 spiro atoms. The average Bonchev–Trinajstić information content (AvgIpc) is 3.11. The molecule has 0 rings (SSSR count). The molecular formula is C44H84N2O5. The van der Waals surface area contributed by atoms with E-state index in [1.165, 1.54) is 141 Å². The molecule has 0 heterocycles. The van der Waals surface area contributed by atoms with Crippen molar-refractivity contribution in [3.8, 4) is 0 Å². The molecule has 0 aliphatic rings. The summed E-state index contributed by atoms with van der Waals surface area (Å²) in [6.07, 6.45) is 42.8. The van der Waals surface area contributed by atoms with Crippen LogP contribution in [0.4, 0.5) is 0 Å². The molecule has 0 radical (unpaired) electrons. The molecule has 51 heavy (non-hydrogen) atoms. The van der Waals surface area contributed by atoms with Gasteiger partial charge in [-0.2, -0.15) is 0 Å². The second kappa shape index (κ2) is 39.3. The van der Waals surface area contributed by atoms with E-state index in [0.29, 0.717) is 38.6 Å². The van der Waals surface area contributed by atoms with E-state index in [1.54, 1.807) is 0 Å². The van der Waals surface area contributed by atoms with Crippen molar-refractivity contribution in [1.82, 2.24) is 5.32 Å². The molecule has 0 aliphatic carbocycles. The minimum absolute atomic E-state index is 0.0844. The lowest BCUT2D eigenvalue weighted by Gasteiger charge is -2.15. The molecule has 0 saturated carbocycles. The number of ether oxygens (including phenoxy) is 1. The summed E-state index contributed by atoms with van der Waals surface area (Å²) in [6, 6.07) is -0.867. The van der Waals surface area contributed by atoms with E-state index in [9.17, 15) is 19.5 Å². The Bertz CT molecular complexity index is 817. The van der Waals surface area contributed by atoms with Crippen molar-refractivity contribution in [2.75, 3.05) is 6.54 Å². The highest BCUT2D eigenvalue weighted by molar-refractivity contribution is 5.83. The Labute approximate surface area is 315 Å². The minimum Gasteiger partial charge on any atom is -0.480 e. The van der Waals surface area contributed by atoms with Crippen LogP contribution in [0.25, 0.3) is 0 Å². The lowest BCUT2D eigenvalue weighted by Crippen LogP contribution is -2.40. The second-order valence-corrected chi connectivity index (χ2v) is 15.1. The number of esters is 1. The summed E-state index contributed by atoms with van der Waals surface area (Å²) in [5.41, 5.74) is 5.48. The van der Waals surface area contributed by atoms with E-state index < -0.39 is 12.0 Å². The van der Waals surface area contributed by atoms with Gasteiger partial charge in [0, 0.05) is 12.8 Å². The van der Waals surface area contributed by atoms with Crippen molar-refractivity contribution < 1.29 is 24.2 Å². The maximum absolute atomic E-state index is 12.7.